The standard InChI is InChI=1S/C11H19FNO3/c1-11(2,3)16-10(15)13(4)6-8(12)5-9(13)7-14/h7-9H,5-6H2,1-4H3/q+1/t8-,9-,13?/m1/s1. The van der Waals surface area contributed by atoms with E-state index in [9.17, 15) is 14.0 Å². The van der Waals surface area contributed by atoms with Gasteiger partial charge in [-0.05, 0) is 20.8 Å². The lowest BCUT2D eigenvalue weighted by Gasteiger charge is -2.31. The Morgan fingerprint density at radius 2 is 2.06 bits per heavy atom. The van der Waals surface area contributed by atoms with E-state index in [1.54, 1.807) is 27.8 Å². The number of likely N-dealkylation sites (tertiary alicyclic amines) is 1. The van der Waals surface area contributed by atoms with E-state index in [4.69, 9.17) is 4.74 Å². The summed E-state index contributed by atoms with van der Waals surface area (Å²) in [5.74, 6) is 0. The number of hydrogen-bond acceptors (Lipinski definition) is 3. The van der Waals surface area contributed by atoms with E-state index in [0.29, 0.717) is 6.29 Å². The fourth-order valence-electron chi connectivity index (χ4n) is 1.88. The third kappa shape index (κ3) is 2.58. The van der Waals surface area contributed by atoms with E-state index in [1.165, 1.54) is 0 Å². The molecule has 92 valence electrons. The molecule has 3 atom stereocenters. The Hall–Kier alpha value is -0.970. The molecule has 4 nitrogen and oxygen atoms in total. The minimum absolute atomic E-state index is 0.0122. The lowest BCUT2D eigenvalue weighted by atomic mass is 10.2. The van der Waals surface area contributed by atoms with Crippen LogP contribution in [0.2, 0.25) is 0 Å². The van der Waals surface area contributed by atoms with Gasteiger partial charge in [-0.1, -0.05) is 0 Å². The molecule has 1 saturated heterocycles. The largest absolute Gasteiger partial charge is 0.516 e. The van der Waals surface area contributed by atoms with Crippen LogP contribution in [0.25, 0.3) is 0 Å². The second-order valence-electron chi connectivity index (χ2n) is 5.47. The summed E-state index contributed by atoms with van der Waals surface area (Å²) in [6.07, 6.45) is -0.916. The molecule has 0 radical (unpaired) electrons. The molecular weight excluding hydrogens is 213 g/mol. The van der Waals surface area contributed by atoms with E-state index >= 15 is 0 Å². The van der Waals surface area contributed by atoms with E-state index in [1.807, 2.05) is 0 Å². The maximum Gasteiger partial charge on any atom is 0.516 e. The van der Waals surface area contributed by atoms with Crippen LogP contribution in [0.1, 0.15) is 27.2 Å². The van der Waals surface area contributed by atoms with Crippen molar-refractivity contribution in [3.8, 4) is 0 Å². The summed E-state index contributed by atoms with van der Waals surface area (Å²) in [5.41, 5.74) is -0.625. The molecule has 1 heterocycles. The number of aldehydes is 1. The highest BCUT2D eigenvalue weighted by molar-refractivity contribution is 5.66. The number of carbonyl (C=O) groups is 2. The maximum atomic E-state index is 13.3. The highest BCUT2D eigenvalue weighted by atomic mass is 19.1. The molecule has 0 aromatic carbocycles. The van der Waals surface area contributed by atoms with Crippen molar-refractivity contribution in [2.75, 3.05) is 13.6 Å². The lowest BCUT2D eigenvalue weighted by molar-refractivity contribution is -0.841. The number of alkyl halides is 1. The Morgan fingerprint density at radius 3 is 2.50 bits per heavy atom. The third-order valence-electron chi connectivity index (χ3n) is 2.77. The molecule has 0 aromatic rings. The second kappa shape index (κ2) is 4.13. The first-order chi connectivity index (χ1) is 7.19. The van der Waals surface area contributed by atoms with E-state index in [2.05, 4.69) is 0 Å². The van der Waals surface area contributed by atoms with Crippen LogP contribution < -0.4 is 0 Å². The number of ether oxygens (including phenoxy) is 1. The maximum absolute atomic E-state index is 13.3. The van der Waals surface area contributed by atoms with Crippen molar-refractivity contribution in [1.29, 1.82) is 0 Å². The number of halogens is 1. The van der Waals surface area contributed by atoms with E-state index in [-0.39, 0.29) is 17.4 Å². The van der Waals surface area contributed by atoms with Gasteiger partial charge >= 0.3 is 6.09 Å². The van der Waals surface area contributed by atoms with Crippen molar-refractivity contribution in [3.63, 3.8) is 0 Å². The predicted octanol–water partition coefficient (Wildman–Crippen LogP) is 1.68. The van der Waals surface area contributed by atoms with Gasteiger partial charge in [0.15, 0.2) is 18.5 Å². The number of carbonyl (C=O) groups excluding carboxylic acids is 2. The first-order valence-corrected chi connectivity index (χ1v) is 5.37. The molecule has 1 fully saturated rings. The van der Waals surface area contributed by atoms with Crippen LogP contribution in [-0.2, 0) is 9.53 Å². The number of quaternary nitrogens is 1. The molecule has 0 aliphatic carbocycles. The van der Waals surface area contributed by atoms with Gasteiger partial charge in [-0.15, -0.1) is 0 Å². The number of likely N-dealkylation sites (N-methyl/N-ethyl adjacent to an activating group) is 1. The second-order valence-corrected chi connectivity index (χ2v) is 5.47. The van der Waals surface area contributed by atoms with Crippen LogP contribution in [0.3, 0.4) is 0 Å². The fourth-order valence-corrected chi connectivity index (χ4v) is 1.88. The van der Waals surface area contributed by atoms with Crippen LogP contribution in [0.5, 0.6) is 0 Å². The summed E-state index contributed by atoms with van der Waals surface area (Å²) in [5, 5.41) is 0. The van der Waals surface area contributed by atoms with E-state index < -0.39 is 23.9 Å². The molecule has 0 saturated carbocycles. The van der Waals surface area contributed by atoms with E-state index in [0.717, 1.165) is 0 Å². The zero-order chi connectivity index (χ0) is 12.6. The number of hydrogen-bond donors (Lipinski definition) is 0. The van der Waals surface area contributed by atoms with Crippen molar-refractivity contribution >= 4 is 12.4 Å². The van der Waals surface area contributed by atoms with Crippen LogP contribution >= 0.6 is 0 Å². The van der Waals surface area contributed by atoms with Crippen molar-refractivity contribution in [3.05, 3.63) is 0 Å². The molecule has 0 aromatic heterocycles. The van der Waals surface area contributed by atoms with Crippen molar-refractivity contribution in [2.24, 2.45) is 0 Å². The van der Waals surface area contributed by atoms with Gasteiger partial charge in [-0.25, -0.2) is 8.87 Å². The highest BCUT2D eigenvalue weighted by Crippen LogP contribution is 2.28. The van der Waals surface area contributed by atoms with Crippen LogP contribution in [0, 0.1) is 0 Å². The normalized spacial score (nSPS) is 34.8. The molecule has 16 heavy (non-hydrogen) atoms. The molecule has 1 aliphatic rings. The van der Waals surface area contributed by atoms with Gasteiger partial charge < -0.3 is 4.74 Å². The highest BCUT2D eigenvalue weighted by Gasteiger charge is 2.51. The van der Waals surface area contributed by atoms with Crippen LogP contribution in [0.15, 0.2) is 0 Å². The summed E-state index contributed by atoms with van der Waals surface area (Å²) >= 11 is 0. The summed E-state index contributed by atoms with van der Waals surface area (Å²) in [6, 6.07) is -0.634. The van der Waals surface area contributed by atoms with Crippen molar-refractivity contribution < 1.29 is 23.2 Å². The first-order valence-electron chi connectivity index (χ1n) is 5.37. The first kappa shape index (κ1) is 13.1. The number of amides is 1. The Balaban J connectivity index is 2.84. The fraction of sp³-hybridized carbons (Fsp3) is 0.818. The average molecular weight is 232 g/mol. The molecule has 5 heteroatoms. The van der Waals surface area contributed by atoms with Gasteiger partial charge in [0, 0.05) is 6.42 Å². The Morgan fingerprint density at radius 1 is 1.50 bits per heavy atom. The number of nitrogens with zero attached hydrogens (tertiary/aromatic N) is 1. The summed E-state index contributed by atoms with van der Waals surface area (Å²) < 4.78 is 18.2. The zero-order valence-corrected chi connectivity index (χ0v) is 10.2. The minimum atomic E-state index is -1.12. The Labute approximate surface area is 95.0 Å². The molecule has 1 amide bonds. The Bertz CT molecular complexity index is 300. The van der Waals surface area contributed by atoms with Gasteiger partial charge in [0.1, 0.15) is 12.1 Å². The minimum Gasteiger partial charge on any atom is -0.414 e. The summed E-state index contributed by atoms with van der Waals surface area (Å²) in [4.78, 5) is 22.8. The molecule has 0 bridgehead atoms. The van der Waals surface area contributed by atoms with Gasteiger partial charge in [-0.2, -0.15) is 4.79 Å². The average Bonchev–Trinajstić information content (AvgIpc) is 2.39. The SMILES string of the molecule is CC(C)(C)OC(=O)[N+]1(C)C[C@H](F)C[C@@H]1C=O. The molecule has 1 rings (SSSR count). The molecule has 1 unspecified atom stereocenters. The number of rotatable bonds is 1. The Kier molecular flexibility index (Phi) is 3.38. The smallest absolute Gasteiger partial charge is 0.414 e. The molecule has 0 spiro atoms. The van der Waals surface area contributed by atoms with Crippen LogP contribution in [-0.4, -0.2) is 48.3 Å². The monoisotopic (exact) mass is 232 g/mol. The quantitative estimate of drug-likeness (QED) is 0.510. The van der Waals surface area contributed by atoms with Crippen molar-refractivity contribution in [1.82, 2.24) is 0 Å². The summed E-state index contributed by atoms with van der Waals surface area (Å²) in [6.45, 7) is 5.25. The molecule has 1 aliphatic heterocycles. The zero-order valence-electron chi connectivity index (χ0n) is 10.2. The summed E-state index contributed by atoms with van der Waals surface area (Å²) in [7, 11) is 1.55. The van der Waals surface area contributed by atoms with Crippen LogP contribution in [0.4, 0.5) is 9.18 Å². The van der Waals surface area contributed by atoms with Gasteiger partial charge in [-0.3, -0.25) is 4.79 Å². The topological polar surface area (TPSA) is 43.4 Å². The van der Waals surface area contributed by atoms with Crippen molar-refractivity contribution in [2.45, 2.75) is 45.0 Å². The molecule has 0 N–H and O–H groups in total. The van der Waals surface area contributed by atoms with Gasteiger partial charge in [0.2, 0.25) is 0 Å². The third-order valence-corrected chi connectivity index (χ3v) is 2.77. The lowest BCUT2D eigenvalue weighted by Crippen LogP contribution is -2.55. The molecular formula is C11H19FNO3+. The predicted molar refractivity (Wildman–Crippen MR) is 56.7 cm³/mol. The van der Waals surface area contributed by atoms with Gasteiger partial charge in [0.05, 0.1) is 7.05 Å². The van der Waals surface area contributed by atoms with Gasteiger partial charge in [0.25, 0.3) is 0 Å².